The van der Waals surface area contributed by atoms with Crippen LogP contribution in [0.5, 0.6) is 0 Å². The standard InChI is InChI=1S/C25H25N7O.ClH/c1-16(33)29-21-7-9-32(15-21)25-5-4-19(14-28-25)22-11-20(18-2-3-18)12-24(30-22)31-23-10-17(13-26)6-8-27-23;/h4-6,8,10-12,14,18,21H,2-3,7,9,15H2,1H3,(H,29,33)(H,27,30,31);1H/t21-;/m0./s1. The minimum atomic E-state index is 0. The summed E-state index contributed by atoms with van der Waals surface area (Å²) in [6.07, 6.45) is 6.77. The molecule has 3 aromatic rings. The molecule has 174 valence electrons. The predicted octanol–water partition coefficient (Wildman–Crippen LogP) is 4.17. The van der Waals surface area contributed by atoms with Crippen molar-refractivity contribution in [2.24, 2.45) is 0 Å². The van der Waals surface area contributed by atoms with Gasteiger partial charge in [0.15, 0.2) is 0 Å². The van der Waals surface area contributed by atoms with Crippen molar-refractivity contribution in [1.29, 1.82) is 5.26 Å². The maximum absolute atomic E-state index is 11.3. The van der Waals surface area contributed by atoms with Gasteiger partial charge in [-0.3, -0.25) is 4.79 Å². The number of rotatable bonds is 6. The Morgan fingerprint density at radius 3 is 2.68 bits per heavy atom. The third-order valence-corrected chi connectivity index (χ3v) is 6.00. The van der Waals surface area contributed by atoms with Gasteiger partial charge in [-0.1, -0.05) is 0 Å². The number of hydrogen-bond donors (Lipinski definition) is 2. The van der Waals surface area contributed by atoms with Crippen LogP contribution in [-0.2, 0) is 4.79 Å². The molecule has 5 rings (SSSR count). The van der Waals surface area contributed by atoms with Crippen molar-refractivity contribution in [1.82, 2.24) is 20.3 Å². The van der Waals surface area contributed by atoms with Gasteiger partial charge < -0.3 is 15.5 Å². The number of nitrogens with zero attached hydrogens (tertiary/aromatic N) is 5. The van der Waals surface area contributed by atoms with E-state index in [1.807, 2.05) is 18.3 Å². The molecule has 0 unspecified atom stereocenters. The van der Waals surface area contributed by atoms with E-state index in [1.165, 1.54) is 18.4 Å². The molecule has 0 spiro atoms. The van der Waals surface area contributed by atoms with E-state index >= 15 is 0 Å². The number of pyridine rings is 3. The summed E-state index contributed by atoms with van der Waals surface area (Å²) in [4.78, 5) is 27.3. The summed E-state index contributed by atoms with van der Waals surface area (Å²) in [7, 11) is 0. The second kappa shape index (κ2) is 10.1. The maximum Gasteiger partial charge on any atom is 0.217 e. The molecule has 2 aliphatic rings. The lowest BCUT2D eigenvalue weighted by Gasteiger charge is -2.18. The summed E-state index contributed by atoms with van der Waals surface area (Å²) in [6.45, 7) is 3.19. The van der Waals surface area contributed by atoms with Gasteiger partial charge in [0.1, 0.15) is 17.5 Å². The number of carbonyl (C=O) groups excluding carboxylic acids is 1. The van der Waals surface area contributed by atoms with Crippen LogP contribution in [0.15, 0.2) is 48.8 Å². The number of amides is 1. The average molecular weight is 476 g/mol. The molecule has 9 heteroatoms. The lowest BCUT2D eigenvalue weighted by molar-refractivity contribution is -0.119. The van der Waals surface area contributed by atoms with Crippen molar-refractivity contribution in [3.63, 3.8) is 0 Å². The van der Waals surface area contributed by atoms with E-state index in [2.05, 4.69) is 43.7 Å². The number of halogens is 1. The number of nitriles is 1. The minimum Gasteiger partial charge on any atom is -0.354 e. The summed E-state index contributed by atoms with van der Waals surface area (Å²) in [6, 6.07) is 14.0. The highest BCUT2D eigenvalue weighted by atomic mass is 35.5. The third-order valence-electron chi connectivity index (χ3n) is 6.00. The van der Waals surface area contributed by atoms with Gasteiger partial charge in [-0.2, -0.15) is 5.26 Å². The molecule has 0 bridgehead atoms. The van der Waals surface area contributed by atoms with Crippen molar-refractivity contribution < 1.29 is 4.79 Å². The average Bonchev–Trinajstić information content (AvgIpc) is 3.58. The Morgan fingerprint density at radius 1 is 1.12 bits per heavy atom. The second-order valence-corrected chi connectivity index (χ2v) is 8.65. The number of anilines is 3. The van der Waals surface area contributed by atoms with Gasteiger partial charge in [-0.15, -0.1) is 12.4 Å². The van der Waals surface area contributed by atoms with E-state index in [1.54, 1.807) is 25.3 Å². The van der Waals surface area contributed by atoms with Gasteiger partial charge in [0.25, 0.3) is 0 Å². The quantitative estimate of drug-likeness (QED) is 0.551. The molecule has 1 aliphatic carbocycles. The first-order valence-electron chi connectivity index (χ1n) is 11.2. The fourth-order valence-corrected chi connectivity index (χ4v) is 4.21. The molecule has 4 heterocycles. The molecule has 3 aromatic heterocycles. The number of hydrogen-bond acceptors (Lipinski definition) is 7. The smallest absolute Gasteiger partial charge is 0.217 e. The van der Waals surface area contributed by atoms with Crippen molar-refractivity contribution in [2.75, 3.05) is 23.3 Å². The van der Waals surface area contributed by atoms with Crippen LogP contribution in [0.2, 0.25) is 0 Å². The number of aromatic nitrogens is 3. The molecule has 2 N–H and O–H groups in total. The van der Waals surface area contributed by atoms with Crippen molar-refractivity contribution in [2.45, 2.75) is 38.1 Å². The molecule has 1 saturated heterocycles. The van der Waals surface area contributed by atoms with Crippen LogP contribution in [-0.4, -0.2) is 40.0 Å². The zero-order chi connectivity index (χ0) is 22.8. The van der Waals surface area contributed by atoms with Gasteiger partial charge in [0.2, 0.25) is 5.91 Å². The topological polar surface area (TPSA) is 107 Å². The van der Waals surface area contributed by atoms with Crippen LogP contribution >= 0.6 is 12.4 Å². The van der Waals surface area contributed by atoms with Crippen LogP contribution in [0.4, 0.5) is 17.5 Å². The summed E-state index contributed by atoms with van der Waals surface area (Å²) < 4.78 is 0. The molecule has 1 amide bonds. The van der Waals surface area contributed by atoms with Gasteiger partial charge in [-0.25, -0.2) is 15.0 Å². The van der Waals surface area contributed by atoms with Gasteiger partial charge in [0.05, 0.1) is 17.3 Å². The van der Waals surface area contributed by atoms with E-state index in [-0.39, 0.29) is 24.4 Å². The lowest BCUT2D eigenvalue weighted by atomic mass is 10.1. The van der Waals surface area contributed by atoms with Crippen molar-refractivity contribution in [3.05, 3.63) is 59.9 Å². The van der Waals surface area contributed by atoms with E-state index in [0.29, 0.717) is 23.1 Å². The van der Waals surface area contributed by atoms with Crippen molar-refractivity contribution in [3.8, 4) is 17.3 Å². The highest BCUT2D eigenvalue weighted by molar-refractivity contribution is 5.85. The molecule has 0 aromatic carbocycles. The van der Waals surface area contributed by atoms with E-state index in [4.69, 9.17) is 10.2 Å². The maximum atomic E-state index is 11.3. The van der Waals surface area contributed by atoms with Gasteiger partial charge in [0, 0.05) is 44.0 Å². The number of nitrogens with one attached hydrogen (secondary N) is 2. The molecular weight excluding hydrogens is 450 g/mol. The molecule has 8 nitrogen and oxygen atoms in total. The molecule has 2 fully saturated rings. The summed E-state index contributed by atoms with van der Waals surface area (Å²) in [5.74, 6) is 2.77. The Morgan fingerprint density at radius 2 is 1.97 bits per heavy atom. The normalized spacial score (nSPS) is 16.9. The van der Waals surface area contributed by atoms with E-state index < -0.39 is 0 Å². The summed E-state index contributed by atoms with van der Waals surface area (Å²) in [5, 5.41) is 15.4. The van der Waals surface area contributed by atoms with Crippen LogP contribution in [0.1, 0.15) is 43.2 Å². The first-order chi connectivity index (χ1) is 16.1. The zero-order valence-electron chi connectivity index (χ0n) is 18.9. The fourth-order valence-electron chi connectivity index (χ4n) is 4.21. The van der Waals surface area contributed by atoms with Crippen molar-refractivity contribution >= 4 is 35.8 Å². The van der Waals surface area contributed by atoms with Crippen LogP contribution in [0.25, 0.3) is 11.3 Å². The Kier molecular flexibility index (Phi) is 6.94. The Bertz CT molecular complexity index is 1220. The second-order valence-electron chi connectivity index (χ2n) is 8.65. The molecule has 1 atom stereocenters. The Balaban J connectivity index is 0.00000274. The number of carbonyl (C=O) groups is 1. The monoisotopic (exact) mass is 475 g/mol. The van der Waals surface area contributed by atoms with E-state index in [0.717, 1.165) is 36.6 Å². The first-order valence-corrected chi connectivity index (χ1v) is 11.2. The van der Waals surface area contributed by atoms with E-state index in [9.17, 15) is 4.79 Å². The van der Waals surface area contributed by atoms with Gasteiger partial charge >= 0.3 is 0 Å². The highest BCUT2D eigenvalue weighted by Crippen LogP contribution is 2.42. The largest absolute Gasteiger partial charge is 0.354 e. The molecule has 0 radical (unpaired) electrons. The highest BCUT2D eigenvalue weighted by Gasteiger charge is 2.26. The molecule has 1 saturated carbocycles. The molecule has 1 aliphatic heterocycles. The van der Waals surface area contributed by atoms with Crippen LogP contribution < -0.4 is 15.5 Å². The lowest BCUT2D eigenvalue weighted by Crippen LogP contribution is -2.35. The molecule has 34 heavy (non-hydrogen) atoms. The zero-order valence-corrected chi connectivity index (χ0v) is 19.7. The SMILES string of the molecule is CC(=O)N[C@H]1CCN(c2ccc(-c3cc(C4CC4)cc(Nc4cc(C#N)ccn4)n3)cn2)C1.Cl. The first kappa shape index (κ1) is 23.5. The third kappa shape index (κ3) is 5.43. The minimum absolute atomic E-state index is 0. The molecular formula is C25H26ClN7O. The fraction of sp³-hybridized carbons (Fsp3) is 0.320. The van der Waals surface area contributed by atoms with Crippen LogP contribution in [0.3, 0.4) is 0 Å². The Hall–Kier alpha value is -3.70. The van der Waals surface area contributed by atoms with Crippen LogP contribution in [0, 0.1) is 11.3 Å². The van der Waals surface area contributed by atoms with Gasteiger partial charge in [-0.05, 0) is 67.1 Å². The summed E-state index contributed by atoms with van der Waals surface area (Å²) in [5.41, 5.74) is 3.60. The summed E-state index contributed by atoms with van der Waals surface area (Å²) >= 11 is 0. The predicted molar refractivity (Wildman–Crippen MR) is 133 cm³/mol. The Labute approximate surface area is 204 Å².